The maximum atomic E-state index is 11.7. The smallest absolute Gasteiger partial charge is 0.221 e. The summed E-state index contributed by atoms with van der Waals surface area (Å²) in [6, 6.07) is 4.54. The highest BCUT2D eigenvalue weighted by molar-refractivity contribution is 5.76. The topological polar surface area (TPSA) is 57.5 Å². The third kappa shape index (κ3) is 4.69. The van der Waals surface area contributed by atoms with Gasteiger partial charge in [-0.15, -0.1) is 0 Å². The van der Waals surface area contributed by atoms with Crippen molar-refractivity contribution in [1.82, 2.24) is 15.5 Å². The number of carbonyl (C=O) groups is 1. The number of carbonyl (C=O) groups excluding carboxylic acids is 1. The molecule has 1 aliphatic carbocycles. The van der Waals surface area contributed by atoms with Gasteiger partial charge in [-0.05, 0) is 39.1 Å². The molecule has 1 amide bonds. The molecule has 5 nitrogen and oxygen atoms in total. The van der Waals surface area contributed by atoms with Gasteiger partial charge in [0.2, 0.25) is 5.91 Å². The van der Waals surface area contributed by atoms with Crippen LogP contribution < -0.4 is 10.6 Å². The predicted octanol–water partition coefficient (Wildman–Crippen LogP) is 1.14. The van der Waals surface area contributed by atoms with Gasteiger partial charge in [0, 0.05) is 25.6 Å². The SMILES string of the molecule is CN(C)C(CNC(=O)CCNC1CC1)c1ccco1. The van der Waals surface area contributed by atoms with Crippen molar-refractivity contribution in [2.24, 2.45) is 0 Å². The molecule has 0 radical (unpaired) electrons. The summed E-state index contributed by atoms with van der Waals surface area (Å²) in [4.78, 5) is 13.8. The maximum Gasteiger partial charge on any atom is 0.221 e. The summed E-state index contributed by atoms with van der Waals surface area (Å²) < 4.78 is 5.40. The number of rotatable bonds is 8. The molecule has 1 aromatic heterocycles. The molecule has 19 heavy (non-hydrogen) atoms. The Hall–Kier alpha value is -1.33. The number of nitrogens with one attached hydrogen (secondary N) is 2. The minimum Gasteiger partial charge on any atom is -0.468 e. The average molecular weight is 265 g/mol. The summed E-state index contributed by atoms with van der Waals surface area (Å²) in [5.74, 6) is 0.966. The monoisotopic (exact) mass is 265 g/mol. The standard InChI is InChI=1S/C14H23N3O2/c1-17(2)12(13-4-3-9-19-13)10-16-14(18)7-8-15-11-5-6-11/h3-4,9,11-12,15H,5-8,10H2,1-2H3,(H,16,18). The third-order valence-electron chi connectivity index (χ3n) is 3.35. The first kappa shape index (κ1) is 14.1. The first-order valence-electron chi connectivity index (χ1n) is 6.86. The Labute approximate surface area is 114 Å². The van der Waals surface area contributed by atoms with Crippen molar-refractivity contribution in [1.29, 1.82) is 0 Å². The molecule has 0 saturated heterocycles. The van der Waals surface area contributed by atoms with Crippen LogP contribution in [0, 0.1) is 0 Å². The zero-order chi connectivity index (χ0) is 13.7. The number of hydrogen-bond donors (Lipinski definition) is 2. The molecule has 0 aromatic carbocycles. The molecular formula is C14H23N3O2. The van der Waals surface area contributed by atoms with Crippen LogP contribution in [0.4, 0.5) is 0 Å². The fourth-order valence-electron chi connectivity index (χ4n) is 1.99. The lowest BCUT2D eigenvalue weighted by Crippen LogP contribution is -2.35. The lowest BCUT2D eigenvalue weighted by atomic mass is 10.2. The lowest BCUT2D eigenvalue weighted by Gasteiger charge is -2.22. The van der Waals surface area contributed by atoms with E-state index >= 15 is 0 Å². The largest absolute Gasteiger partial charge is 0.468 e. The van der Waals surface area contributed by atoms with Crippen LogP contribution in [-0.4, -0.2) is 44.0 Å². The summed E-state index contributed by atoms with van der Waals surface area (Å²) in [5, 5.41) is 6.30. The van der Waals surface area contributed by atoms with Gasteiger partial charge in [-0.3, -0.25) is 9.69 Å². The van der Waals surface area contributed by atoms with E-state index in [0.29, 0.717) is 19.0 Å². The first-order chi connectivity index (χ1) is 9.16. The van der Waals surface area contributed by atoms with E-state index in [4.69, 9.17) is 4.42 Å². The Morgan fingerprint density at radius 2 is 2.32 bits per heavy atom. The molecular weight excluding hydrogens is 242 g/mol. The molecule has 5 heteroatoms. The number of furan rings is 1. The summed E-state index contributed by atoms with van der Waals surface area (Å²) in [7, 11) is 3.96. The third-order valence-corrected chi connectivity index (χ3v) is 3.35. The van der Waals surface area contributed by atoms with E-state index in [-0.39, 0.29) is 11.9 Å². The van der Waals surface area contributed by atoms with Gasteiger partial charge >= 0.3 is 0 Å². The van der Waals surface area contributed by atoms with Crippen LogP contribution in [0.2, 0.25) is 0 Å². The highest BCUT2D eigenvalue weighted by Crippen LogP contribution is 2.18. The second kappa shape index (κ2) is 6.73. The van der Waals surface area contributed by atoms with Crippen LogP contribution in [-0.2, 0) is 4.79 Å². The van der Waals surface area contributed by atoms with Crippen LogP contribution in [0.25, 0.3) is 0 Å². The highest BCUT2D eigenvalue weighted by Gasteiger charge is 2.21. The van der Waals surface area contributed by atoms with Gasteiger partial charge in [0.15, 0.2) is 0 Å². The zero-order valence-electron chi connectivity index (χ0n) is 11.7. The summed E-state index contributed by atoms with van der Waals surface area (Å²) in [5.41, 5.74) is 0. The zero-order valence-corrected chi connectivity index (χ0v) is 11.7. The first-order valence-corrected chi connectivity index (χ1v) is 6.86. The fourth-order valence-corrected chi connectivity index (χ4v) is 1.99. The summed E-state index contributed by atoms with van der Waals surface area (Å²) in [6.45, 7) is 1.34. The second-order valence-electron chi connectivity index (χ2n) is 5.28. The molecule has 1 atom stereocenters. The van der Waals surface area contributed by atoms with E-state index in [0.717, 1.165) is 12.3 Å². The van der Waals surface area contributed by atoms with E-state index in [9.17, 15) is 4.79 Å². The Morgan fingerprint density at radius 3 is 2.89 bits per heavy atom. The number of hydrogen-bond acceptors (Lipinski definition) is 4. The number of likely N-dealkylation sites (N-methyl/N-ethyl adjacent to an activating group) is 1. The van der Waals surface area contributed by atoms with Gasteiger partial charge in [-0.25, -0.2) is 0 Å². The molecule has 1 aliphatic rings. The van der Waals surface area contributed by atoms with Gasteiger partial charge in [0.25, 0.3) is 0 Å². The Morgan fingerprint density at radius 1 is 1.53 bits per heavy atom. The number of amides is 1. The van der Waals surface area contributed by atoms with Gasteiger partial charge in [0.05, 0.1) is 12.3 Å². The van der Waals surface area contributed by atoms with Crippen LogP contribution in [0.1, 0.15) is 31.1 Å². The van der Waals surface area contributed by atoms with Crippen molar-refractivity contribution in [2.45, 2.75) is 31.3 Å². The van der Waals surface area contributed by atoms with Crippen LogP contribution in [0.3, 0.4) is 0 Å². The van der Waals surface area contributed by atoms with Crippen molar-refractivity contribution in [3.8, 4) is 0 Å². The van der Waals surface area contributed by atoms with E-state index in [2.05, 4.69) is 10.6 Å². The molecule has 1 unspecified atom stereocenters. The molecule has 0 spiro atoms. The van der Waals surface area contributed by atoms with E-state index < -0.39 is 0 Å². The number of nitrogens with zero attached hydrogens (tertiary/aromatic N) is 1. The molecule has 2 rings (SSSR count). The van der Waals surface area contributed by atoms with Crippen LogP contribution >= 0.6 is 0 Å². The van der Waals surface area contributed by atoms with E-state index in [1.807, 2.05) is 31.1 Å². The quantitative estimate of drug-likeness (QED) is 0.740. The van der Waals surface area contributed by atoms with E-state index in [1.165, 1.54) is 12.8 Å². The van der Waals surface area contributed by atoms with Crippen molar-refractivity contribution in [2.75, 3.05) is 27.2 Å². The van der Waals surface area contributed by atoms with Crippen LogP contribution in [0.15, 0.2) is 22.8 Å². The normalized spacial score (nSPS) is 16.6. The minimum absolute atomic E-state index is 0.0790. The molecule has 106 valence electrons. The second-order valence-corrected chi connectivity index (χ2v) is 5.28. The molecule has 1 fully saturated rings. The Kier molecular flexibility index (Phi) is 4.99. The average Bonchev–Trinajstić information content (AvgIpc) is 3.03. The molecule has 1 heterocycles. The summed E-state index contributed by atoms with van der Waals surface area (Å²) in [6.07, 6.45) is 4.70. The lowest BCUT2D eigenvalue weighted by molar-refractivity contribution is -0.121. The van der Waals surface area contributed by atoms with Gasteiger partial charge in [-0.2, -0.15) is 0 Å². The Bertz CT molecular complexity index is 385. The Balaban J connectivity index is 1.70. The van der Waals surface area contributed by atoms with Gasteiger partial charge < -0.3 is 15.1 Å². The van der Waals surface area contributed by atoms with Crippen molar-refractivity contribution in [3.05, 3.63) is 24.2 Å². The van der Waals surface area contributed by atoms with Crippen LogP contribution in [0.5, 0.6) is 0 Å². The van der Waals surface area contributed by atoms with Crippen molar-refractivity contribution < 1.29 is 9.21 Å². The highest BCUT2D eigenvalue weighted by atomic mass is 16.3. The summed E-state index contributed by atoms with van der Waals surface area (Å²) >= 11 is 0. The van der Waals surface area contributed by atoms with Crippen molar-refractivity contribution >= 4 is 5.91 Å². The minimum atomic E-state index is 0.0790. The molecule has 1 saturated carbocycles. The van der Waals surface area contributed by atoms with Gasteiger partial charge in [-0.1, -0.05) is 0 Å². The fraction of sp³-hybridized carbons (Fsp3) is 0.643. The molecule has 1 aromatic rings. The molecule has 0 aliphatic heterocycles. The predicted molar refractivity (Wildman–Crippen MR) is 73.8 cm³/mol. The molecule has 2 N–H and O–H groups in total. The van der Waals surface area contributed by atoms with Gasteiger partial charge in [0.1, 0.15) is 5.76 Å². The molecule has 0 bridgehead atoms. The van der Waals surface area contributed by atoms with E-state index in [1.54, 1.807) is 6.26 Å². The maximum absolute atomic E-state index is 11.7. The van der Waals surface area contributed by atoms with Crippen molar-refractivity contribution in [3.63, 3.8) is 0 Å².